The standard InChI is InChI=1S/C23H16Cl2N2O3/c1-12-8-13(2)10-15(9-12)27-22(28)21-19(14-5-6-17(24)18(25)11-14)16-4-3-7-26-20(16)23(29)30-21/h3-11H,1-2H3,(H,27,28). The molecule has 0 bridgehead atoms. The van der Waals surface area contributed by atoms with Crippen LogP contribution < -0.4 is 10.9 Å². The molecule has 2 aromatic carbocycles. The van der Waals surface area contributed by atoms with E-state index in [2.05, 4.69) is 10.3 Å². The first kappa shape index (κ1) is 20.1. The van der Waals surface area contributed by atoms with Crippen LogP contribution in [0.2, 0.25) is 10.0 Å². The van der Waals surface area contributed by atoms with Crippen LogP contribution in [0.4, 0.5) is 5.69 Å². The molecule has 0 unspecified atom stereocenters. The predicted molar refractivity (Wildman–Crippen MR) is 120 cm³/mol. The summed E-state index contributed by atoms with van der Waals surface area (Å²) in [7, 11) is 0. The average molecular weight is 439 g/mol. The van der Waals surface area contributed by atoms with E-state index >= 15 is 0 Å². The van der Waals surface area contributed by atoms with E-state index in [0.29, 0.717) is 32.2 Å². The number of pyridine rings is 1. The molecule has 0 aliphatic heterocycles. The molecule has 0 saturated heterocycles. The second-order valence-corrected chi connectivity index (χ2v) is 7.77. The van der Waals surface area contributed by atoms with Crippen LogP contribution in [0.15, 0.2) is 63.9 Å². The summed E-state index contributed by atoms with van der Waals surface area (Å²) in [6.45, 7) is 3.87. The fourth-order valence-electron chi connectivity index (χ4n) is 3.42. The molecule has 2 aromatic heterocycles. The van der Waals surface area contributed by atoms with E-state index in [1.807, 2.05) is 32.0 Å². The van der Waals surface area contributed by atoms with Gasteiger partial charge in [0, 0.05) is 22.8 Å². The minimum absolute atomic E-state index is 0.126. The predicted octanol–water partition coefficient (Wildman–Crippen LogP) is 6.03. The number of nitrogens with zero attached hydrogens (tertiary/aromatic N) is 1. The third kappa shape index (κ3) is 3.82. The molecular weight excluding hydrogens is 423 g/mol. The first-order valence-corrected chi connectivity index (χ1v) is 9.86. The normalized spacial score (nSPS) is 10.9. The van der Waals surface area contributed by atoms with E-state index in [-0.39, 0.29) is 11.3 Å². The molecule has 150 valence electrons. The summed E-state index contributed by atoms with van der Waals surface area (Å²) in [5, 5.41) is 3.99. The zero-order chi connectivity index (χ0) is 21.4. The van der Waals surface area contributed by atoms with Crippen molar-refractivity contribution in [1.82, 2.24) is 4.98 Å². The van der Waals surface area contributed by atoms with Gasteiger partial charge >= 0.3 is 5.63 Å². The van der Waals surface area contributed by atoms with Gasteiger partial charge in [-0.1, -0.05) is 41.4 Å². The summed E-state index contributed by atoms with van der Waals surface area (Å²) < 4.78 is 5.43. The SMILES string of the molecule is Cc1cc(C)cc(NC(=O)c2oc(=O)c3ncccc3c2-c2ccc(Cl)c(Cl)c2)c1. The molecule has 4 rings (SSSR count). The van der Waals surface area contributed by atoms with Gasteiger partial charge in [-0.25, -0.2) is 9.78 Å². The molecule has 0 radical (unpaired) electrons. The van der Waals surface area contributed by atoms with E-state index < -0.39 is 11.5 Å². The molecule has 7 heteroatoms. The zero-order valence-corrected chi connectivity index (χ0v) is 17.6. The molecule has 0 aliphatic carbocycles. The zero-order valence-electron chi connectivity index (χ0n) is 16.1. The van der Waals surface area contributed by atoms with Crippen molar-refractivity contribution in [2.24, 2.45) is 0 Å². The van der Waals surface area contributed by atoms with E-state index in [0.717, 1.165) is 11.1 Å². The fraction of sp³-hybridized carbons (Fsp3) is 0.0870. The van der Waals surface area contributed by atoms with Gasteiger partial charge in [-0.3, -0.25) is 4.79 Å². The van der Waals surface area contributed by atoms with Gasteiger partial charge in [-0.2, -0.15) is 0 Å². The van der Waals surface area contributed by atoms with Crippen molar-refractivity contribution in [2.45, 2.75) is 13.8 Å². The molecule has 0 spiro atoms. The van der Waals surface area contributed by atoms with Crippen molar-refractivity contribution in [3.05, 3.63) is 92.1 Å². The Morgan fingerprint density at radius 1 is 1.00 bits per heavy atom. The summed E-state index contributed by atoms with van der Waals surface area (Å²) in [4.78, 5) is 29.8. The number of hydrogen-bond acceptors (Lipinski definition) is 4. The number of aryl methyl sites for hydroxylation is 2. The number of anilines is 1. The van der Waals surface area contributed by atoms with E-state index in [1.54, 1.807) is 30.3 Å². The molecule has 1 N–H and O–H groups in total. The Morgan fingerprint density at radius 2 is 1.73 bits per heavy atom. The number of carbonyl (C=O) groups excluding carboxylic acids is 1. The van der Waals surface area contributed by atoms with Gasteiger partial charge in [0.05, 0.1) is 10.0 Å². The summed E-state index contributed by atoms with van der Waals surface area (Å²) in [6.07, 6.45) is 1.49. The number of nitrogens with one attached hydrogen (secondary N) is 1. The van der Waals surface area contributed by atoms with Crippen LogP contribution in [0.1, 0.15) is 21.7 Å². The largest absolute Gasteiger partial charge is 0.415 e. The molecule has 1 amide bonds. The topological polar surface area (TPSA) is 72.2 Å². The number of amides is 1. The van der Waals surface area contributed by atoms with E-state index in [9.17, 15) is 9.59 Å². The summed E-state index contributed by atoms with van der Waals surface area (Å²) >= 11 is 12.3. The molecule has 0 saturated carbocycles. The highest BCUT2D eigenvalue weighted by molar-refractivity contribution is 6.42. The van der Waals surface area contributed by atoms with Crippen molar-refractivity contribution >= 4 is 45.7 Å². The van der Waals surface area contributed by atoms with Crippen molar-refractivity contribution in [3.63, 3.8) is 0 Å². The third-order valence-electron chi connectivity index (χ3n) is 4.59. The summed E-state index contributed by atoms with van der Waals surface area (Å²) in [5.74, 6) is -0.679. The van der Waals surface area contributed by atoms with Crippen LogP contribution in [0.25, 0.3) is 22.0 Å². The Hall–Kier alpha value is -3.15. The van der Waals surface area contributed by atoms with Gasteiger partial charge < -0.3 is 9.73 Å². The number of carbonyl (C=O) groups is 1. The number of hydrogen-bond donors (Lipinski definition) is 1. The number of halogens is 2. The highest BCUT2D eigenvalue weighted by Crippen LogP contribution is 2.34. The first-order chi connectivity index (χ1) is 14.3. The number of rotatable bonds is 3. The van der Waals surface area contributed by atoms with Crippen LogP contribution in [-0.2, 0) is 0 Å². The Balaban J connectivity index is 1.93. The van der Waals surface area contributed by atoms with Crippen LogP contribution in [0.5, 0.6) is 0 Å². The molecule has 4 aromatic rings. The van der Waals surface area contributed by atoms with Crippen molar-refractivity contribution in [3.8, 4) is 11.1 Å². The van der Waals surface area contributed by atoms with Gasteiger partial charge in [0.25, 0.3) is 5.91 Å². The van der Waals surface area contributed by atoms with E-state index in [1.165, 1.54) is 6.20 Å². The molecule has 2 heterocycles. The lowest BCUT2D eigenvalue weighted by atomic mass is 9.99. The molecule has 5 nitrogen and oxygen atoms in total. The average Bonchev–Trinajstić information content (AvgIpc) is 2.69. The number of benzene rings is 2. The highest BCUT2D eigenvalue weighted by Gasteiger charge is 2.22. The van der Waals surface area contributed by atoms with Crippen LogP contribution in [0, 0.1) is 13.8 Å². The van der Waals surface area contributed by atoms with Crippen LogP contribution in [0.3, 0.4) is 0 Å². The minimum Gasteiger partial charge on any atom is -0.415 e. The van der Waals surface area contributed by atoms with Gasteiger partial charge in [0.2, 0.25) is 5.76 Å². The van der Waals surface area contributed by atoms with Gasteiger partial charge in [0.1, 0.15) is 0 Å². The molecule has 0 fully saturated rings. The van der Waals surface area contributed by atoms with Gasteiger partial charge in [-0.15, -0.1) is 0 Å². The molecule has 30 heavy (non-hydrogen) atoms. The quantitative estimate of drug-likeness (QED) is 0.423. The monoisotopic (exact) mass is 438 g/mol. The number of aromatic nitrogens is 1. The smallest absolute Gasteiger partial charge is 0.363 e. The molecule has 0 atom stereocenters. The maximum absolute atomic E-state index is 13.2. The third-order valence-corrected chi connectivity index (χ3v) is 5.33. The number of fused-ring (bicyclic) bond motifs is 1. The van der Waals surface area contributed by atoms with Crippen molar-refractivity contribution in [2.75, 3.05) is 5.32 Å². The van der Waals surface area contributed by atoms with Crippen LogP contribution in [-0.4, -0.2) is 10.9 Å². The van der Waals surface area contributed by atoms with Crippen molar-refractivity contribution < 1.29 is 9.21 Å². The summed E-state index contributed by atoms with van der Waals surface area (Å²) in [6, 6.07) is 14.0. The summed E-state index contributed by atoms with van der Waals surface area (Å²) in [5.41, 5.74) is 3.03. The van der Waals surface area contributed by atoms with E-state index in [4.69, 9.17) is 27.6 Å². The van der Waals surface area contributed by atoms with Crippen LogP contribution >= 0.6 is 23.2 Å². The fourth-order valence-corrected chi connectivity index (χ4v) is 3.71. The Bertz CT molecular complexity index is 1340. The Labute approximate surface area is 182 Å². The molecule has 0 aliphatic rings. The Kier molecular flexibility index (Phi) is 5.33. The minimum atomic E-state index is -0.694. The lowest BCUT2D eigenvalue weighted by Crippen LogP contribution is -2.17. The first-order valence-electron chi connectivity index (χ1n) is 9.10. The molecular formula is C23H16Cl2N2O3. The lowest BCUT2D eigenvalue weighted by molar-refractivity contribution is 0.0994. The van der Waals surface area contributed by atoms with Gasteiger partial charge in [0.15, 0.2) is 5.52 Å². The highest BCUT2D eigenvalue weighted by atomic mass is 35.5. The van der Waals surface area contributed by atoms with Gasteiger partial charge in [-0.05, 0) is 60.9 Å². The Morgan fingerprint density at radius 3 is 2.43 bits per heavy atom. The maximum atomic E-state index is 13.2. The second kappa shape index (κ2) is 7.94. The second-order valence-electron chi connectivity index (χ2n) is 6.95. The van der Waals surface area contributed by atoms with Crippen molar-refractivity contribution in [1.29, 1.82) is 0 Å². The lowest BCUT2D eigenvalue weighted by Gasteiger charge is -2.13. The maximum Gasteiger partial charge on any atom is 0.363 e.